The molecular formula is C15H29N3O. The monoisotopic (exact) mass is 267 g/mol. The van der Waals surface area contributed by atoms with Crippen LogP contribution >= 0.6 is 0 Å². The van der Waals surface area contributed by atoms with Gasteiger partial charge in [0.15, 0.2) is 0 Å². The van der Waals surface area contributed by atoms with Gasteiger partial charge in [-0.25, -0.2) is 0 Å². The summed E-state index contributed by atoms with van der Waals surface area (Å²) in [5.74, 6) is 1.04. The first-order valence-electron chi connectivity index (χ1n) is 7.95. The molecule has 0 bridgehead atoms. The van der Waals surface area contributed by atoms with Gasteiger partial charge in [0.1, 0.15) is 0 Å². The molecule has 0 aromatic carbocycles. The second-order valence-electron chi connectivity index (χ2n) is 6.21. The fourth-order valence-corrected chi connectivity index (χ4v) is 3.52. The Hall–Kier alpha value is -0.610. The van der Waals surface area contributed by atoms with E-state index in [-0.39, 0.29) is 11.8 Å². The first-order valence-corrected chi connectivity index (χ1v) is 7.95. The first-order chi connectivity index (χ1) is 9.22. The van der Waals surface area contributed by atoms with E-state index in [0.717, 1.165) is 45.3 Å². The van der Waals surface area contributed by atoms with Crippen LogP contribution in [-0.4, -0.2) is 43.0 Å². The zero-order chi connectivity index (χ0) is 13.7. The van der Waals surface area contributed by atoms with Gasteiger partial charge in [-0.3, -0.25) is 4.79 Å². The third-order valence-corrected chi connectivity index (χ3v) is 4.79. The number of piperidine rings is 1. The average Bonchev–Trinajstić information content (AvgIpc) is 2.47. The lowest BCUT2D eigenvalue weighted by molar-refractivity contribution is -0.127. The Morgan fingerprint density at radius 3 is 2.89 bits per heavy atom. The van der Waals surface area contributed by atoms with E-state index in [2.05, 4.69) is 17.1 Å². The SMILES string of the molecule is CCN1CCCC(NC(=O)C2CCCC(CN)C2)C1. The molecule has 4 heteroatoms. The molecule has 0 spiro atoms. The van der Waals surface area contributed by atoms with Crippen molar-refractivity contribution in [1.29, 1.82) is 0 Å². The number of nitrogens with one attached hydrogen (secondary N) is 1. The fraction of sp³-hybridized carbons (Fsp3) is 0.933. The zero-order valence-corrected chi connectivity index (χ0v) is 12.2. The Morgan fingerprint density at radius 1 is 1.32 bits per heavy atom. The smallest absolute Gasteiger partial charge is 0.223 e. The van der Waals surface area contributed by atoms with Crippen LogP contribution in [0.2, 0.25) is 0 Å². The molecule has 0 aromatic rings. The van der Waals surface area contributed by atoms with E-state index in [1.807, 2.05) is 0 Å². The minimum atomic E-state index is 0.208. The Kier molecular flexibility index (Phi) is 5.64. The summed E-state index contributed by atoms with van der Waals surface area (Å²) in [6, 6.07) is 0.361. The molecule has 2 fully saturated rings. The van der Waals surface area contributed by atoms with Gasteiger partial charge in [-0.15, -0.1) is 0 Å². The highest BCUT2D eigenvalue weighted by molar-refractivity contribution is 5.79. The van der Waals surface area contributed by atoms with Crippen molar-refractivity contribution < 1.29 is 4.79 Å². The van der Waals surface area contributed by atoms with Crippen LogP contribution in [0.25, 0.3) is 0 Å². The van der Waals surface area contributed by atoms with Gasteiger partial charge in [0, 0.05) is 18.5 Å². The van der Waals surface area contributed by atoms with Gasteiger partial charge < -0.3 is 16.0 Å². The minimum Gasteiger partial charge on any atom is -0.352 e. The number of nitrogens with two attached hydrogens (primary N) is 1. The Balaban J connectivity index is 1.79. The van der Waals surface area contributed by atoms with Gasteiger partial charge in [0.25, 0.3) is 0 Å². The summed E-state index contributed by atoms with van der Waals surface area (Å²) in [6.07, 6.45) is 6.74. The van der Waals surface area contributed by atoms with E-state index >= 15 is 0 Å². The number of carbonyl (C=O) groups is 1. The van der Waals surface area contributed by atoms with Crippen LogP contribution in [0, 0.1) is 11.8 Å². The van der Waals surface area contributed by atoms with Crippen LogP contribution in [0.3, 0.4) is 0 Å². The summed E-state index contributed by atoms with van der Waals surface area (Å²) in [7, 11) is 0. The third kappa shape index (κ3) is 4.18. The van der Waals surface area contributed by atoms with Crippen molar-refractivity contribution in [2.75, 3.05) is 26.2 Å². The Bertz CT molecular complexity index is 295. The van der Waals surface area contributed by atoms with E-state index in [0.29, 0.717) is 12.0 Å². The van der Waals surface area contributed by atoms with Crippen molar-refractivity contribution in [2.24, 2.45) is 17.6 Å². The van der Waals surface area contributed by atoms with Crippen molar-refractivity contribution in [3.05, 3.63) is 0 Å². The highest BCUT2D eigenvalue weighted by Gasteiger charge is 2.28. The molecule has 1 saturated carbocycles. The summed E-state index contributed by atoms with van der Waals surface area (Å²) < 4.78 is 0. The fourth-order valence-electron chi connectivity index (χ4n) is 3.52. The average molecular weight is 267 g/mol. The molecule has 1 aliphatic heterocycles. The molecular weight excluding hydrogens is 238 g/mol. The van der Waals surface area contributed by atoms with Crippen LogP contribution < -0.4 is 11.1 Å². The number of rotatable bonds is 4. The van der Waals surface area contributed by atoms with Crippen molar-refractivity contribution in [1.82, 2.24) is 10.2 Å². The van der Waals surface area contributed by atoms with Crippen molar-refractivity contribution in [3.8, 4) is 0 Å². The quantitative estimate of drug-likeness (QED) is 0.808. The van der Waals surface area contributed by atoms with E-state index < -0.39 is 0 Å². The molecule has 19 heavy (non-hydrogen) atoms. The van der Waals surface area contributed by atoms with Crippen LogP contribution in [0.1, 0.15) is 45.4 Å². The summed E-state index contributed by atoms with van der Waals surface area (Å²) in [4.78, 5) is 14.8. The van der Waals surface area contributed by atoms with Crippen LogP contribution in [-0.2, 0) is 4.79 Å². The number of likely N-dealkylation sites (N-methyl/N-ethyl adjacent to an activating group) is 1. The molecule has 1 saturated heterocycles. The standard InChI is InChI=1S/C15H29N3O/c1-2-18-8-4-7-14(11-18)17-15(19)13-6-3-5-12(9-13)10-16/h12-14H,2-11,16H2,1H3,(H,17,19). The summed E-state index contributed by atoms with van der Waals surface area (Å²) >= 11 is 0. The van der Waals surface area contributed by atoms with Gasteiger partial charge >= 0.3 is 0 Å². The van der Waals surface area contributed by atoms with E-state index in [9.17, 15) is 4.79 Å². The molecule has 110 valence electrons. The zero-order valence-electron chi connectivity index (χ0n) is 12.2. The van der Waals surface area contributed by atoms with Crippen LogP contribution in [0.15, 0.2) is 0 Å². The molecule has 3 atom stereocenters. The number of likely N-dealkylation sites (tertiary alicyclic amines) is 1. The van der Waals surface area contributed by atoms with Crippen LogP contribution in [0.5, 0.6) is 0 Å². The second-order valence-corrected chi connectivity index (χ2v) is 6.21. The molecule has 3 N–H and O–H groups in total. The summed E-state index contributed by atoms with van der Waals surface area (Å²) in [5, 5.41) is 3.28. The van der Waals surface area contributed by atoms with Gasteiger partial charge in [-0.05, 0) is 57.7 Å². The maximum Gasteiger partial charge on any atom is 0.223 e. The summed E-state index contributed by atoms with van der Waals surface area (Å²) in [6.45, 7) is 6.22. The highest BCUT2D eigenvalue weighted by Crippen LogP contribution is 2.28. The van der Waals surface area contributed by atoms with Crippen LogP contribution in [0.4, 0.5) is 0 Å². The van der Waals surface area contributed by atoms with E-state index in [1.54, 1.807) is 0 Å². The van der Waals surface area contributed by atoms with Gasteiger partial charge in [0.05, 0.1) is 0 Å². The molecule has 3 unspecified atom stereocenters. The molecule has 1 aliphatic carbocycles. The third-order valence-electron chi connectivity index (χ3n) is 4.79. The first kappa shape index (κ1) is 14.8. The molecule has 2 aliphatic rings. The maximum absolute atomic E-state index is 12.4. The van der Waals surface area contributed by atoms with E-state index in [1.165, 1.54) is 19.4 Å². The minimum absolute atomic E-state index is 0.208. The molecule has 0 radical (unpaired) electrons. The molecule has 4 nitrogen and oxygen atoms in total. The molecule has 1 heterocycles. The predicted octanol–water partition coefficient (Wildman–Crippen LogP) is 1.35. The normalized spacial score (nSPS) is 33.1. The lowest BCUT2D eigenvalue weighted by Gasteiger charge is -2.34. The molecule has 1 amide bonds. The lowest BCUT2D eigenvalue weighted by atomic mass is 9.81. The van der Waals surface area contributed by atoms with Crippen molar-refractivity contribution in [3.63, 3.8) is 0 Å². The second kappa shape index (κ2) is 7.25. The molecule has 0 aromatic heterocycles. The lowest BCUT2D eigenvalue weighted by Crippen LogP contribution is -2.49. The van der Waals surface area contributed by atoms with Gasteiger partial charge in [-0.1, -0.05) is 13.3 Å². The molecule has 2 rings (SSSR count). The largest absolute Gasteiger partial charge is 0.352 e. The Morgan fingerprint density at radius 2 is 2.16 bits per heavy atom. The van der Waals surface area contributed by atoms with Gasteiger partial charge in [0.2, 0.25) is 5.91 Å². The van der Waals surface area contributed by atoms with Crippen molar-refractivity contribution >= 4 is 5.91 Å². The number of carbonyl (C=O) groups excluding carboxylic acids is 1. The predicted molar refractivity (Wildman–Crippen MR) is 77.8 cm³/mol. The van der Waals surface area contributed by atoms with Gasteiger partial charge in [-0.2, -0.15) is 0 Å². The summed E-state index contributed by atoms with van der Waals surface area (Å²) in [5.41, 5.74) is 5.75. The van der Waals surface area contributed by atoms with E-state index in [4.69, 9.17) is 5.73 Å². The Labute approximate surface area is 117 Å². The maximum atomic E-state index is 12.4. The number of hydrogen-bond donors (Lipinski definition) is 2. The number of hydrogen-bond acceptors (Lipinski definition) is 3. The topological polar surface area (TPSA) is 58.4 Å². The highest BCUT2D eigenvalue weighted by atomic mass is 16.1. The number of amides is 1. The van der Waals surface area contributed by atoms with Crippen molar-refractivity contribution in [2.45, 2.75) is 51.5 Å². The number of nitrogens with zero attached hydrogens (tertiary/aromatic N) is 1.